The zero-order valence-corrected chi connectivity index (χ0v) is 9.60. The van der Waals surface area contributed by atoms with Gasteiger partial charge in [-0.3, -0.25) is 4.90 Å². The summed E-state index contributed by atoms with van der Waals surface area (Å²) in [6.07, 6.45) is 0.983. The summed E-state index contributed by atoms with van der Waals surface area (Å²) in [6, 6.07) is 0. The molecule has 0 N–H and O–H groups in total. The van der Waals surface area contributed by atoms with Crippen LogP contribution in [0.25, 0.3) is 0 Å². The summed E-state index contributed by atoms with van der Waals surface area (Å²) >= 11 is 0. The minimum atomic E-state index is 0. The van der Waals surface area contributed by atoms with Gasteiger partial charge < -0.3 is 4.74 Å². The number of rotatable bonds is 2. The molecule has 1 rings (SSSR count). The number of morpholine rings is 1. The van der Waals surface area contributed by atoms with Gasteiger partial charge in [0.15, 0.2) is 0 Å². The Labute approximate surface area is 95.0 Å². The van der Waals surface area contributed by atoms with Gasteiger partial charge >= 0.3 is 0 Å². The van der Waals surface area contributed by atoms with Crippen LogP contribution in [0.3, 0.4) is 0 Å². The van der Waals surface area contributed by atoms with E-state index < -0.39 is 0 Å². The van der Waals surface area contributed by atoms with Crippen LogP contribution in [-0.2, 0) is 4.74 Å². The summed E-state index contributed by atoms with van der Waals surface area (Å²) in [5.74, 6) is 6.49. The quantitative estimate of drug-likeness (QED) is 0.650. The topological polar surface area (TPSA) is 12.5 Å². The molecule has 0 atom stereocenters. The van der Waals surface area contributed by atoms with Crippen molar-refractivity contribution in [1.82, 2.24) is 4.90 Å². The third-order valence-electron chi connectivity index (χ3n) is 2.12. The summed E-state index contributed by atoms with van der Waals surface area (Å²) in [4.78, 5) is 2.42. The maximum absolute atomic E-state index is 5.28. The molecule has 2 nitrogen and oxygen atoms in total. The van der Waals surface area contributed by atoms with Crippen LogP contribution in [0.1, 0.15) is 34.6 Å². The van der Waals surface area contributed by atoms with Gasteiger partial charge in [-0.1, -0.05) is 13.3 Å². The molecule has 1 heterocycles. The molecule has 15 heavy (non-hydrogen) atoms. The SMILES string of the molecule is C.CC(C)(C)C#CCCN1CCOCC1. The Morgan fingerprint density at radius 1 is 1.20 bits per heavy atom. The van der Waals surface area contributed by atoms with E-state index in [1.165, 1.54) is 0 Å². The van der Waals surface area contributed by atoms with E-state index in [0.29, 0.717) is 0 Å². The molecule has 0 unspecified atom stereocenters. The standard InChI is InChI=1S/C12H21NO.CH4/c1-12(2,3)6-4-5-7-13-8-10-14-11-9-13;/h5,7-11H2,1-3H3;1H4. The molecule has 0 saturated carbocycles. The molecule has 0 amide bonds. The van der Waals surface area contributed by atoms with Crippen molar-refractivity contribution in [2.75, 3.05) is 32.8 Å². The van der Waals surface area contributed by atoms with E-state index in [4.69, 9.17) is 4.74 Å². The molecule has 0 aromatic rings. The molecule has 0 spiro atoms. The molecule has 88 valence electrons. The van der Waals surface area contributed by atoms with E-state index in [1.54, 1.807) is 0 Å². The molecule has 1 aliphatic rings. The summed E-state index contributed by atoms with van der Waals surface area (Å²) in [5.41, 5.74) is 0.144. The third kappa shape index (κ3) is 7.41. The lowest BCUT2D eigenvalue weighted by Gasteiger charge is -2.25. The van der Waals surface area contributed by atoms with Crippen LogP contribution in [0.5, 0.6) is 0 Å². The lowest BCUT2D eigenvalue weighted by atomic mass is 9.98. The van der Waals surface area contributed by atoms with Gasteiger partial charge in [-0.2, -0.15) is 0 Å². The lowest BCUT2D eigenvalue weighted by Crippen LogP contribution is -2.36. The number of ether oxygens (including phenoxy) is 1. The summed E-state index contributed by atoms with van der Waals surface area (Å²) in [5, 5.41) is 0. The van der Waals surface area contributed by atoms with E-state index in [2.05, 4.69) is 37.5 Å². The first-order valence-electron chi connectivity index (χ1n) is 5.38. The highest BCUT2D eigenvalue weighted by atomic mass is 16.5. The minimum Gasteiger partial charge on any atom is -0.379 e. The highest BCUT2D eigenvalue weighted by Crippen LogP contribution is 2.09. The van der Waals surface area contributed by atoms with E-state index >= 15 is 0 Å². The van der Waals surface area contributed by atoms with Gasteiger partial charge in [0, 0.05) is 31.5 Å². The minimum absolute atomic E-state index is 0. The van der Waals surface area contributed by atoms with Crippen molar-refractivity contribution in [1.29, 1.82) is 0 Å². The van der Waals surface area contributed by atoms with Gasteiger partial charge in [-0.15, -0.1) is 5.92 Å². The molecular formula is C13H25NO. The van der Waals surface area contributed by atoms with Crippen LogP contribution in [0, 0.1) is 17.3 Å². The monoisotopic (exact) mass is 211 g/mol. The highest BCUT2D eigenvalue weighted by molar-refractivity contribution is 5.07. The largest absolute Gasteiger partial charge is 0.379 e. The first-order chi connectivity index (χ1) is 6.58. The molecule has 0 bridgehead atoms. The number of nitrogens with zero attached hydrogens (tertiary/aromatic N) is 1. The van der Waals surface area contributed by atoms with Crippen LogP contribution < -0.4 is 0 Å². The van der Waals surface area contributed by atoms with Crippen molar-refractivity contribution in [3.05, 3.63) is 0 Å². The molecule has 0 radical (unpaired) electrons. The van der Waals surface area contributed by atoms with Crippen molar-refractivity contribution in [2.24, 2.45) is 5.41 Å². The Morgan fingerprint density at radius 3 is 2.33 bits per heavy atom. The highest BCUT2D eigenvalue weighted by Gasteiger charge is 2.08. The van der Waals surface area contributed by atoms with Gasteiger partial charge in [0.2, 0.25) is 0 Å². The molecule has 0 aliphatic carbocycles. The molecule has 1 aliphatic heterocycles. The summed E-state index contributed by atoms with van der Waals surface area (Å²) in [7, 11) is 0. The fourth-order valence-corrected chi connectivity index (χ4v) is 1.37. The Morgan fingerprint density at radius 2 is 1.80 bits per heavy atom. The number of hydrogen-bond acceptors (Lipinski definition) is 2. The van der Waals surface area contributed by atoms with Gasteiger partial charge in [-0.25, -0.2) is 0 Å². The second kappa shape index (κ2) is 6.87. The second-order valence-corrected chi connectivity index (χ2v) is 4.76. The Bertz CT molecular complexity index is 213. The van der Waals surface area contributed by atoms with E-state index in [-0.39, 0.29) is 12.8 Å². The van der Waals surface area contributed by atoms with Crippen molar-refractivity contribution < 1.29 is 4.74 Å². The van der Waals surface area contributed by atoms with Crippen LogP contribution in [0.2, 0.25) is 0 Å². The second-order valence-electron chi connectivity index (χ2n) is 4.76. The van der Waals surface area contributed by atoms with Gasteiger partial charge in [-0.05, 0) is 20.8 Å². The first-order valence-corrected chi connectivity index (χ1v) is 5.38. The van der Waals surface area contributed by atoms with Gasteiger partial charge in [0.1, 0.15) is 0 Å². The van der Waals surface area contributed by atoms with Crippen molar-refractivity contribution in [3.63, 3.8) is 0 Å². The first kappa shape index (κ1) is 14.5. The molecule has 0 aromatic heterocycles. The predicted octanol–water partition coefficient (Wildman–Crippen LogP) is 2.39. The van der Waals surface area contributed by atoms with Crippen molar-refractivity contribution in [3.8, 4) is 11.8 Å². The predicted molar refractivity (Wildman–Crippen MR) is 65.8 cm³/mol. The Kier molecular flexibility index (Phi) is 6.63. The summed E-state index contributed by atoms with van der Waals surface area (Å²) in [6.45, 7) is 11.4. The van der Waals surface area contributed by atoms with Crippen molar-refractivity contribution in [2.45, 2.75) is 34.6 Å². The van der Waals surface area contributed by atoms with Gasteiger partial charge in [0.25, 0.3) is 0 Å². The third-order valence-corrected chi connectivity index (χ3v) is 2.12. The van der Waals surface area contributed by atoms with E-state index in [9.17, 15) is 0 Å². The molecular weight excluding hydrogens is 186 g/mol. The van der Waals surface area contributed by atoms with Crippen LogP contribution in [0.15, 0.2) is 0 Å². The fourth-order valence-electron chi connectivity index (χ4n) is 1.37. The number of hydrogen-bond donors (Lipinski definition) is 0. The maximum atomic E-state index is 5.28. The van der Waals surface area contributed by atoms with Crippen LogP contribution in [-0.4, -0.2) is 37.7 Å². The normalized spacial score (nSPS) is 17.5. The molecule has 1 saturated heterocycles. The van der Waals surface area contributed by atoms with Gasteiger partial charge in [0.05, 0.1) is 13.2 Å². The summed E-state index contributed by atoms with van der Waals surface area (Å²) < 4.78 is 5.28. The molecule has 0 aromatic carbocycles. The zero-order chi connectivity index (χ0) is 10.4. The Hall–Kier alpha value is -0.520. The lowest BCUT2D eigenvalue weighted by molar-refractivity contribution is 0.0390. The Balaban J connectivity index is 0.00000196. The van der Waals surface area contributed by atoms with E-state index in [0.717, 1.165) is 39.3 Å². The van der Waals surface area contributed by atoms with Crippen LogP contribution in [0.4, 0.5) is 0 Å². The van der Waals surface area contributed by atoms with E-state index in [1.807, 2.05) is 0 Å². The zero-order valence-electron chi connectivity index (χ0n) is 9.60. The van der Waals surface area contributed by atoms with Crippen LogP contribution >= 0.6 is 0 Å². The molecule has 2 heteroatoms. The average Bonchev–Trinajstić information content (AvgIpc) is 2.13. The average molecular weight is 211 g/mol. The smallest absolute Gasteiger partial charge is 0.0594 e. The maximum Gasteiger partial charge on any atom is 0.0594 e. The fraction of sp³-hybridized carbons (Fsp3) is 0.846. The van der Waals surface area contributed by atoms with Crippen molar-refractivity contribution >= 4 is 0 Å². The molecule has 1 fully saturated rings.